The summed E-state index contributed by atoms with van der Waals surface area (Å²) in [6, 6.07) is 3.98. The van der Waals surface area contributed by atoms with Crippen molar-refractivity contribution < 1.29 is 17.9 Å². The number of rotatable bonds is 7. The topological polar surface area (TPSA) is 102 Å². The summed E-state index contributed by atoms with van der Waals surface area (Å²) in [5, 5.41) is 2.72. The number of piperidine rings is 1. The Labute approximate surface area is 155 Å². The highest BCUT2D eigenvalue weighted by atomic mass is 32.2. The fourth-order valence-electron chi connectivity index (χ4n) is 2.94. The Balaban J connectivity index is 2.29. The molecule has 0 saturated carbocycles. The fourth-order valence-corrected chi connectivity index (χ4v) is 4.64. The second-order valence-electron chi connectivity index (χ2n) is 6.73. The highest BCUT2D eigenvalue weighted by Crippen LogP contribution is 2.31. The van der Waals surface area contributed by atoms with Crippen LogP contribution in [0, 0.1) is 5.92 Å². The summed E-state index contributed by atoms with van der Waals surface area (Å²) < 4.78 is 32.7. The van der Waals surface area contributed by atoms with Crippen molar-refractivity contribution in [1.82, 2.24) is 4.31 Å². The Morgan fingerprint density at radius 1 is 1.31 bits per heavy atom. The minimum Gasteiger partial charge on any atom is -0.495 e. The van der Waals surface area contributed by atoms with Crippen LogP contribution in [0.4, 0.5) is 5.69 Å². The van der Waals surface area contributed by atoms with Gasteiger partial charge < -0.3 is 15.8 Å². The van der Waals surface area contributed by atoms with Gasteiger partial charge in [0.05, 0.1) is 13.2 Å². The molecule has 2 atom stereocenters. The molecule has 1 fully saturated rings. The maximum atomic E-state index is 13.0. The van der Waals surface area contributed by atoms with Gasteiger partial charge in [0.15, 0.2) is 0 Å². The molecule has 0 aliphatic carbocycles. The molecule has 1 aliphatic heterocycles. The van der Waals surface area contributed by atoms with E-state index in [9.17, 15) is 13.2 Å². The molecular formula is C18H29N3O4S. The van der Waals surface area contributed by atoms with Gasteiger partial charge >= 0.3 is 0 Å². The SMILES string of the molecule is CCC(C)C(N)C(=O)Nc1ccc(OC)c(S(=O)(=O)N2CCCCC2)c1. The fraction of sp³-hybridized carbons (Fsp3) is 0.611. The largest absolute Gasteiger partial charge is 0.495 e. The molecule has 1 aliphatic rings. The number of nitrogens with one attached hydrogen (secondary N) is 1. The molecule has 26 heavy (non-hydrogen) atoms. The van der Waals surface area contributed by atoms with Gasteiger partial charge in [-0.1, -0.05) is 26.7 Å². The van der Waals surface area contributed by atoms with E-state index < -0.39 is 16.1 Å². The highest BCUT2D eigenvalue weighted by molar-refractivity contribution is 7.89. The first-order valence-electron chi connectivity index (χ1n) is 9.06. The number of benzene rings is 1. The number of hydrogen-bond acceptors (Lipinski definition) is 5. The van der Waals surface area contributed by atoms with Crippen molar-refractivity contribution in [2.75, 3.05) is 25.5 Å². The number of anilines is 1. The molecule has 1 amide bonds. The summed E-state index contributed by atoms with van der Waals surface area (Å²) in [6.45, 7) is 4.88. The summed E-state index contributed by atoms with van der Waals surface area (Å²) in [5.41, 5.74) is 6.35. The third kappa shape index (κ3) is 4.55. The average molecular weight is 384 g/mol. The minimum absolute atomic E-state index is 0.0322. The number of amides is 1. The lowest BCUT2D eigenvalue weighted by Crippen LogP contribution is -2.40. The number of nitrogens with zero attached hydrogens (tertiary/aromatic N) is 1. The third-order valence-corrected chi connectivity index (χ3v) is 6.84. The van der Waals surface area contributed by atoms with E-state index in [0.717, 1.165) is 25.7 Å². The maximum absolute atomic E-state index is 13.0. The lowest BCUT2D eigenvalue weighted by Gasteiger charge is -2.26. The maximum Gasteiger partial charge on any atom is 0.246 e. The van der Waals surface area contributed by atoms with E-state index in [0.29, 0.717) is 18.8 Å². The number of ether oxygens (including phenoxy) is 1. The van der Waals surface area contributed by atoms with Gasteiger partial charge in [-0.05, 0) is 37.0 Å². The van der Waals surface area contributed by atoms with Gasteiger partial charge in [0.2, 0.25) is 15.9 Å². The monoisotopic (exact) mass is 383 g/mol. The molecule has 1 saturated heterocycles. The zero-order valence-corrected chi connectivity index (χ0v) is 16.5. The highest BCUT2D eigenvalue weighted by Gasteiger charge is 2.29. The van der Waals surface area contributed by atoms with Crippen LogP contribution in [-0.2, 0) is 14.8 Å². The predicted octanol–water partition coefficient (Wildman–Crippen LogP) is 2.18. The Hall–Kier alpha value is -1.64. The summed E-state index contributed by atoms with van der Waals surface area (Å²) in [5.74, 6) is -0.0320. The molecule has 8 heteroatoms. The Bertz CT molecular complexity index is 730. The predicted molar refractivity (Wildman–Crippen MR) is 102 cm³/mol. The van der Waals surface area contributed by atoms with E-state index >= 15 is 0 Å². The number of methoxy groups -OCH3 is 1. The lowest BCUT2D eigenvalue weighted by atomic mass is 9.99. The first-order valence-corrected chi connectivity index (χ1v) is 10.5. The number of hydrogen-bond donors (Lipinski definition) is 2. The van der Waals surface area contributed by atoms with Crippen LogP contribution in [0.3, 0.4) is 0 Å². The van der Waals surface area contributed by atoms with Gasteiger partial charge in [0.25, 0.3) is 0 Å². The molecule has 146 valence electrons. The normalized spacial score (nSPS) is 18.2. The standard InChI is InChI=1S/C18H29N3O4S/c1-4-13(2)17(19)18(22)20-14-8-9-15(25-3)16(12-14)26(23,24)21-10-6-5-7-11-21/h8-9,12-13,17H,4-7,10-11,19H2,1-3H3,(H,20,22). The van der Waals surface area contributed by atoms with Gasteiger partial charge in [-0.2, -0.15) is 4.31 Å². The number of nitrogens with two attached hydrogens (primary N) is 1. The van der Waals surface area contributed by atoms with E-state index in [1.54, 1.807) is 12.1 Å². The van der Waals surface area contributed by atoms with Gasteiger partial charge in [-0.25, -0.2) is 8.42 Å². The third-order valence-electron chi connectivity index (χ3n) is 4.92. The van der Waals surface area contributed by atoms with Crippen LogP contribution < -0.4 is 15.8 Å². The van der Waals surface area contributed by atoms with Crippen molar-refractivity contribution in [3.05, 3.63) is 18.2 Å². The molecule has 3 N–H and O–H groups in total. The van der Waals surface area contributed by atoms with Gasteiger partial charge in [0.1, 0.15) is 10.6 Å². The van der Waals surface area contributed by atoms with Crippen LogP contribution in [0.5, 0.6) is 5.75 Å². The van der Waals surface area contributed by atoms with E-state index in [2.05, 4.69) is 5.32 Å². The van der Waals surface area contributed by atoms with Crippen LogP contribution in [-0.4, -0.2) is 44.9 Å². The summed E-state index contributed by atoms with van der Waals surface area (Å²) >= 11 is 0. The first-order chi connectivity index (χ1) is 12.3. The molecule has 0 bridgehead atoms. The van der Waals surface area contributed by atoms with E-state index in [4.69, 9.17) is 10.5 Å². The summed E-state index contributed by atoms with van der Waals surface area (Å²) in [7, 11) is -2.25. The van der Waals surface area contributed by atoms with Crippen molar-refractivity contribution in [1.29, 1.82) is 0 Å². The van der Waals surface area contributed by atoms with Crippen molar-refractivity contribution in [3.63, 3.8) is 0 Å². The van der Waals surface area contributed by atoms with Gasteiger partial charge in [0, 0.05) is 18.8 Å². The molecule has 0 aromatic heterocycles. The Morgan fingerprint density at radius 2 is 1.96 bits per heavy atom. The van der Waals surface area contributed by atoms with Crippen molar-refractivity contribution in [2.45, 2.75) is 50.5 Å². The molecular weight excluding hydrogens is 354 g/mol. The average Bonchev–Trinajstić information content (AvgIpc) is 2.67. The van der Waals surface area contributed by atoms with Crippen LogP contribution in [0.2, 0.25) is 0 Å². The van der Waals surface area contributed by atoms with Crippen LogP contribution >= 0.6 is 0 Å². The number of carbonyl (C=O) groups excluding carboxylic acids is 1. The van der Waals surface area contributed by atoms with Crippen molar-refractivity contribution in [3.8, 4) is 5.75 Å². The van der Waals surface area contributed by atoms with Crippen molar-refractivity contribution in [2.24, 2.45) is 11.7 Å². The van der Waals surface area contributed by atoms with Gasteiger partial charge in [-0.3, -0.25) is 4.79 Å². The molecule has 1 heterocycles. The van der Waals surface area contributed by atoms with E-state index in [1.807, 2.05) is 13.8 Å². The summed E-state index contributed by atoms with van der Waals surface area (Å²) in [4.78, 5) is 12.4. The Morgan fingerprint density at radius 3 is 2.54 bits per heavy atom. The number of sulfonamides is 1. The van der Waals surface area contributed by atoms with Crippen LogP contribution in [0.25, 0.3) is 0 Å². The summed E-state index contributed by atoms with van der Waals surface area (Å²) in [6.07, 6.45) is 3.52. The zero-order valence-electron chi connectivity index (χ0n) is 15.7. The van der Waals surface area contributed by atoms with E-state index in [-0.39, 0.29) is 22.5 Å². The smallest absolute Gasteiger partial charge is 0.246 e. The quantitative estimate of drug-likeness (QED) is 0.751. The molecule has 1 aromatic rings. The molecule has 2 unspecified atom stereocenters. The second-order valence-corrected chi connectivity index (χ2v) is 8.64. The molecule has 2 rings (SSSR count). The zero-order chi connectivity index (χ0) is 19.3. The van der Waals surface area contributed by atoms with Crippen molar-refractivity contribution >= 4 is 21.6 Å². The van der Waals surface area contributed by atoms with Crippen LogP contribution in [0.15, 0.2) is 23.1 Å². The lowest BCUT2D eigenvalue weighted by molar-refractivity contribution is -0.118. The second kappa shape index (κ2) is 8.83. The Kier molecular flexibility index (Phi) is 7.02. The van der Waals surface area contributed by atoms with Crippen LogP contribution in [0.1, 0.15) is 39.5 Å². The minimum atomic E-state index is -3.68. The van der Waals surface area contributed by atoms with Gasteiger partial charge in [-0.15, -0.1) is 0 Å². The molecule has 0 spiro atoms. The molecule has 7 nitrogen and oxygen atoms in total. The van der Waals surface area contributed by atoms with E-state index in [1.165, 1.54) is 17.5 Å². The first kappa shape index (κ1) is 20.7. The number of carbonyl (C=O) groups is 1. The molecule has 1 aromatic carbocycles. The molecule has 0 radical (unpaired) electrons.